The van der Waals surface area contributed by atoms with Gasteiger partial charge in [-0.05, 0) is 30.7 Å². The van der Waals surface area contributed by atoms with Crippen molar-refractivity contribution in [1.82, 2.24) is 4.72 Å². The molecule has 5 nitrogen and oxygen atoms in total. The summed E-state index contributed by atoms with van der Waals surface area (Å²) >= 11 is 3.31. The zero-order valence-electron chi connectivity index (χ0n) is 10.2. The van der Waals surface area contributed by atoms with E-state index in [2.05, 4.69) is 20.7 Å². The second-order valence-corrected chi connectivity index (χ2v) is 6.44. The number of aliphatic hydroxyl groups excluding tert-OH is 1. The maximum absolute atomic E-state index is 12.0. The van der Waals surface area contributed by atoms with Gasteiger partial charge in [0, 0.05) is 11.6 Å². The summed E-state index contributed by atoms with van der Waals surface area (Å²) in [6.07, 6.45) is 0. The van der Waals surface area contributed by atoms with E-state index >= 15 is 0 Å². The highest BCUT2D eigenvalue weighted by Crippen LogP contribution is 2.20. The molecule has 0 aliphatic rings. The van der Waals surface area contributed by atoms with Gasteiger partial charge in [0.25, 0.3) is 0 Å². The fraction of sp³-hybridized carbons (Fsp3) is 0.455. The van der Waals surface area contributed by atoms with Crippen LogP contribution in [0.5, 0.6) is 0 Å². The standard InChI is InChI=1S/C11H16BrNO4S/c1-8-5-10(3-4-11(8)12)18(15,16)13-9(6-14)7-17-2/h3-5,9,13-14H,6-7H2,1-2H3. The largest absolute Gasteiger partial charge is 0.395 e. The predicted octanol–water partition coefficient (Wildman–Crippen LogP) is 1.04. The molecule has 102 valence electrons. The van der Waals surface area contributed by atoms with Gasteiger partial charge < -0.3 is 9.84 Å². The van der Waals surface area contributed by atoms with Crippen LogP contribution in [0.2, 0.25) is 0 Å². The molecule has 0 spiro atoms. The fourth-order valence-corrected chi connectivity index (χ4v) is 2.94. The number of aryl methyl sites for hydroxylation is 1. The first-order chi connectivity index (χ1) is 8.40. The molecule has 0 amide bonds. The topological polar surface area (TPSA) is 75.6 Å². The van der Waals surface area contributed by atoms with Gasteiger partial charge in [-0.25, -0.2) is 13.1 Å². The molecular weight excluding hydrogens is 322 g/mol. The second-order valence-electron chi connectivity index (χ2n) is 3.87. The SMILES string of the molecule is COCC(CO)NS(=O)(=O)c1ccc(Br)c(C)c1. The number of sulfonamides is 1. The molecule has 2 N–H and O–H groups in total. The molecule has 0 bridgehead atoms. The maximum Gasteiger partial charge on any atom is 0.240 e. The first-order valence-electron chi connectivity index (χ1n) is 5.29. The molecule has 1 unspecified atom stereocenters. The van der Waals surface area contributed by atoms with Gasteiger partial charge in [-0.3, -0.25) is 0 Å². The highest BCUT2D eigenvalue weighted by Gasteiger charge is 2.19. The molecule has 1 rings (SSSR count). The van der Waals surface area contributed by atoms with Gasteiger partial charge in [0.15, 0.2) is 0 Å². The number of halogens is 1. The van der Waals surface area contributed by atoms with Crippen LogP contribution in [0, 0.1) is 6.92 Å². The lowest BCUT2D eigenvalue weighted by molar-refractivity contribution is 0.139. The minimum Gasteiger partial charge on any atom is -0.395 e. The monoisotopic (exact) mass is 337 g/mol. The second kappa shape index (κ2) is 6.63. The van der Waals surface area contributed by atoms with Gasteiger partial charge in [0.05, 0.1) is 24.2 Å². The maximum atomic E-state index is 12.0. The van der Waals surface area contributed by atoms with E-state index in [1.54, 1.807) is 12.1 Å². The van der Waals surface area contributed by atoms with Crippen LogP contribution >= 0.6 is 15.9 Å². The molecule has 0 saturated carbocycles. The number of aliphatic hydroxyl groups is 1. The van der Waals surface area contributed by atoms with Crippen LogP contribution in [-0.2, 0) is 14.8 Å². The number of hydrogen-bond donors (Lipinski definition) is 2. The molecule has 18 heavy (non-hydrogen) atoms. The number of methoxy groups -OCH3 is 1. The van der Waals surface area contributed by atoms with Crippen molar-refractivity contribution >= 4 is 26.0 Å². The number of nitrogens with one attached hydrogen (secondary N) is 1. The van der Waals surface area contributed by atoms with Crippen molar-refractivity contribution < 1.29 is 18.3 Å². The number of ether oxygens (including phenoxy) is 1. The van der Waals surface area contributed by atoms with Crippen LogP contribution < -0.4 is 4.72 Å². The van der Waals surface area contributed by atoms with Crippen LogP contribution in [-0.4, -0.2) is 39.9 Å². The number of rotatable bonds is 6. The Morgan fingerprint density at radius 1 is 1.50 bits per heavy atom. The molecule has 0 aliphatic heterocycles. The first-order valence-corrected chi connectivity index (χ1v) is 7.56. The van der Waals surface area contributed by atoms with Crippen LogP contribution in [0.3, 0.4) is 0 Å². The quantitative estimate of drug-likeness (QED) is 0.813. The molecule has 0 fully saturated rings. The van der Waals surface area contributed by atoms with Crippen molar-refractivity contribution in [2.45, 2.75) is 17.9 Å². The van der Waals surface area contributed by atoms with Gasteiger partial charge >= 0.3 is 0 Å². The first kappa shape index (κ1) is 15.6. The minimum absolute atomic E-state index is 0.116. The number of hydrogen-bond acceptors (Lipinski definition) is 4. The number of benzene rings is 1. The van der Waals surface area contributed by atoms with E-state index < -0.39 is 16.1 Å². The van der Waals surface area contributed by atoms with Crippen molar-refractivity contribution in [3.8, 4) is 0 Å². The molecule has 1 aromatic rings. The highest BCUT2D eigenvalue weighted by atomic mass is 79.9. The van der Waals surface area contributed by atoms with Gasteiger partial charge in [0.2, 0.25) is 10.0 Å². The summed E-state index contributed by atoms with van der Waals surface area (Å²) in [5.41, 5.74) is 0.824. The molecule has 0 aliphatic carbocycles. The fourth-order valence-electron chi connectivity index (χ4n) is 1.40. The Kier molecular flexibility index (Phi) is 5.74. The lowest BCUT2D eigenvalue weighted by atomic mass is 10.2. The van der Waals surface area contributed by atoms with Crippen molar-refractivity contribution in [2.24, 2.45) is 0 Å². The third-order valence-corrected chi connectivity index (χ3v) is 4.76. The summed E-state index contributed by atoms with van der Waals surface area (Å²) in [5, 5.41) is 9.05. The van der Waals surface area contributed by atoms with E-state index in [1.165, 1.54) is 13.2 Å². The minimum atomic E-state index is -3.64. The average Bonchev–Trinajstić information content (AvgIpc) is 2.31. The molecule has 0 saturated heterocycles. The van der Waals surface area contributed by atoms with Gasteiger partial charge in [0.1, 0.15) is 0 Å². The van der Waals surface area contributed by atoms with Gasteiger partial charge in [-0.1, -0.05) is 15.9 Å². The lowest BCUT2D eigenvalue weighted by Gasteiger charge is -2.15. The summed E-state index contributed by atoms with van der Waals surface area (Å²) in [6.45, 7) is 1.61. The molecule has 0 radical (unpaired) electrons. The molecular formula is C11H16BrNO4S. The summed E-state index contributed by atoms with van der Waals surface area (Å²) in [4.78, 5) is 0.165. The lowest BCUT2D eigenvalue weighted by Crippen LogP contribution is -2.40. The van der Waals surface area contributed by atoms with Crippen molar-refractivity contribution in [3.63, 3.8) is 0 Å². The summed E-state index contributed by atoms with van der Waals surface area (Å²) < 4.78 is 32.2. The third kappa shape index (κ3) is 4.03. The van der Waals surface area contributed by atoms with Crippen molar-refractivity contribution in [1.29, 1.82) is 0 Å². The molecule has 0 heterocycles. The zero-order valence-corrected chi connectivity index (χ0v) is 12.6. The van der Waals surface area contributed by atoms with E-state index in [-0.39, 0.29) is 18.1 Å². The van der Waals surface area contributed by atoms with E-state index in [0.717, 1.165) is 10.0 Å². The Morgan fingerprint density at radius 2 is 2.17 bits per heavy atom. The van der Waals surface area contributed by atoms with E-state index in [0.29, 0.717) is 0 Å². The Morgan fingerprint density at radius 3 is 2.67 bits per heavy atom. The van der Waals surface area contributed by atoms with Crippen molar-refractivity contribution in [2.75, 3.05) is 20.3 Å². The normalized spacial score (nSPS) is 13.6. The highest BCUT2D eigenvalue weighted by molar-refractivity contribution is 9.10. The van der Waals surface area contributed by atoms with Crippen LogP contribution in [0.15, 0.2) is 27.6 Å². The van der Waals surface area contributed by atoms with E-state index in [4.69, 9.17) is 9.84 Å². The van der Waals surface area contributed by atoms with Crippen molar-refractivity contribution in [3.05, 3.63) is 28.2 Å². The van der Waals surface area contributed by atoms with Crippen LogP contribution in [0.25, 0.3) is 0 Å². The molecule has 1 aromatic carbocycles. The smallest absolute Gasteiger partial charge is 0.240 e. The van der Waals surface area contributed by atoms with Gasteiger partial charge in [-0.15, -0.1) is 0 Å². The zero-order chi connectivity index (χ0) is 13.8. The summed E-state index contributed by atoms with van der Waals surface area (Å²) in [5.74, 6) is 0. The Bertz CT molecular complexity index is 504. The summed E-state index contributed by atoms with van der Waals surface area (Å²) in [6, 6.07) is 4.09. The van der Waals surface area contributed by atoms with Crippen LogP contribution in [0.4, 0.5) is 0 Å². The molecule has 0 aromatic heterocycles. The molecule has 1 atom stereocenters. The Labute approximate surface area is 115 Å². The predicted molar refractivity (Wildman–Crippen MR) is 72.0 cm³/mol. The average molecular weight is 338 g/mol. The summed E-state index contributed by atoms with van der Waals surface area (Å²) in [7, 11) is -2.20. The van der Waals surface area contributed by atoms with Gasteiger partial charge in [-0.2, -0.15) is 0 Å². The Balaban J connectivity index is 2.95. The van der Waals surface area contributed by atoms with Crippen LogP contribution in [0.1, 0.15) is 5.56 Å². The van der Waals surface area contributed by atoms with E-state index in [9.17, 15) is 8.42 Å². The van der Waals surface area contributed by atoms with E-state index in [1.807, 2.05) is 6.92 Å². The Hall–Kier alpha value is -0.470. The molecule has 7 heteroatoms. The third-order valence-electron chi connectivity index (χ3n) is 2.35.